The number of carbonyl (C=O) groups excluding carboxylic acids is 1. The highest BCUT2D eigenvalue weighted by molar-refractivity contribution is 9.09. The Balaban J connectivity index is 2.09. The normalized spacial score (nSPS) is 14.8. The Morgan fingerprint density at radius 3 is 2.70 bits per heavy atom. The predicted octanol–water partition coefficient (Wildman–Crippen LogP) is 0.394. The van der Waals surface area contributed by atoms with E-state index in [1.165, 1.54) is 11.5 Å². The van der Waals surface area contributed by atoms with Crippen molar-refractivity contribution < 1.29 is 9.53 Å². The highest BCUT2D eigenvalue weighted by atomic mass is 79.9. The zero-order valence-corrected chi connectivity index (χ0v) is 15.1. The largest absolute Gasteiger partial charge is 0.462 e. The number of hydrogen-bond acceptors (Lipinski definition) is 6. The molecule has 1 aromatic rings. The minimum Gasteiger partial charge on any atom is -0.462 e. The van der Waals surface area contributed by atoms with Gasteiger partial charge in [0.25, 0.3) is 5.56 Å². The molecule has 0 radical (unpaired) electrons. The van der Waals surface area contributed by atoms with E-state index in [4.69, 9.17) is 4.74 Å². The summed E-state index contributed by atoms with van der Waals surface area (Å²) in [6.45, 7) is 2.60. The third kappa shape index (κ3) is 3.77. The summed E-state index contributed by atoms with van der Waals surface area (Å²) in [4.78, 5) is 40.9. The molecule has 1 unspecified atom stereocenters. The molecular formula is C14H21BrN4O4. The van der Waals surface area contributed by atoms with Crippen LogP contribution in [0.2, 0.25) is 0 Å². The number of aromatic amines is 1. The first-order valence-electron chi connectivity index (χ1n) is 7.37. The van der Waals surface area contributed by atoms with Crippen molar-refractivity contribution in [3.8, 4) is 0 Å². The zero-order chi connectivity index (χ0) is 17.1. The lowest BCUT2D eigenvalue weighted by Gasteiger charge is -2.21. The van der Waals surface area contributed by atoms with Crippen molar-refractivity contribution in [2.45, 2.75) is 25.9 Å². The van der Waals surface area contributed by atoms with Crippen molar-refractivity contribution in [1.82, 2.24) is 9.55 Å². The molecule has 2 rings (SSSR count). The quantitative estimate of drug-likeness (QED) is 0.560. The summed E-state index contributed by atoms with van der Waals surface area (Å²) >= 11 is 3.33. The summed E-state index contributed by atoms with van der Waals surface area (Å²) in [5.41, 5.74) is -0.289. The van der Waals surface area contributed by atoms with Gasteiger partial charge >= 0.3 is 11.7 Å². The molecule has 9 heteroatoms. The van der Waals surface area contributed by atoms with Crippen molar-refractivity contribution in [3.05, 3.63) is 20.8 Å². The third-order valence-corrected chi connectivity index (χ3v) is 4.51. The Morgan fingerprint density at radius 1 is 1.39 bits per heavy atom. The number of nitrogens with one attached hydrogen (secondary N) is 1. The number of nitrogens with zero attached hydrogens (tertiary/aromatic N) is 3. The number of ether oxygens (including phenoxy) is 1. The van der Waals surface area contributed by atoms with Gasteiger partial charge in [0, 0.05) is 32.9 Å². The summed E-state index contributed by atoms with van der Waals surface area (Å²) in [7, 11) is 3.46. The van der Waals surface area contributed by atoms with Crippen LogP contribution in [-0.2, 0) is 16.6 Å². The summed E-state index contributed by atoms with van der Waals surface area (Å²) in [6.07, 6.45) is 1.31. The van der Waals surface area contributed by atoms with Gasteiger partial charge in [0.1, 0.15) is 17.6 Å². The molecule has 128 valence electrons. The van der Waals surface area contributed by atoms with Crippen LogP contribution in [0.5, 0.6) is 0 Å². The summed E-state index contributed by atoms with van der Waals surface area (Å²) in [5.74, 6) is 0.332. The van der Waals surface area contributed by atoms with Crippen LogP contribution in [0.1, 0.15) is 19.8 Å². The Morgan fingerprint density at radius 2 is 2.09 bits per heavy atom. The summed E-state index contributed by atoms with van der Waals surface area (Å²) in [5, 5.41) is 0.585. The molecular weight excluding hydrogens is 368 g/mol. The molecule has 0 saturated carbocycles. The third-order valence-electron chi connectivity index (χ3n) is 3.79. The number of hydrogen-bond donors (Lipinski definition) is 1. The van der Waals surface area contributed by atoms with Crippen LogP contribution < -0.4 is 21.0 Å². The predicted molar refractivity (Wildman–Crippen MR) is 91.5 cm³/mol. The van der Waals surface area contributed by atoms with Crippen LogP contribution >= 0.6 is 15.9 Å². The van der Waals surface area contributed by atoms with Gasteiger partial charge in [0.05, 0.1) is 6.67 Å². The average Bonchev–Trinajstić information content (AvgIpc) is 2.80. The fourth-order valence-corrected chi connectivity index (χ4v) is 3.24. The maximum Gasteiger partial charge on any atom is 0.329 e. The monoisotopic (exact) mass is 388 g/mol. The fraction of sp³-hybridized carbons (Fsp3) is 0.643. The van der Waals surface area contributed by atoms with Gasteiger partial charge in [-0.1, -0.05) is 15.9 Å². The molecule has 1 aromatic heterocycles. The number of aromatic nitrogens is 2. The number of halogens is 1. The summed E-state index contributed by atoms with van der Waals surface area (Å²) < 4.78 is 6.64. The van der Waals surface area contributed by atoms with Crippen LogP contribution in [0.3, 0.4) is 0 Å². The van der Waals surface area contributed by atoms with E-state index in [9.17, 15) is 14.4 Å². The van der Waals surface area contributed by atoms with Gasteiger partial charge in [0.2, 0.25) is 0 Å². The Bertz CT molecular complexity index is 699. The van der Waals surface area contributed by atoms with E-state index >= 15 is 0 Å². The van der Waals surface area contributed by atoms with Crippen molar-refractivity contribution in [2.75, 3.05) is 35.4 Å². The first-order chi connectivity index (χ1) is 10.8. The second-order valence-electron chi connectivity index (χ2n) is 5.62. The number of fused-ring (bicyclic) bond motifs is 1. The topological polar surface area (TPSA) is 87.6 Å². The maximum absolute atomic E-state index is 12.0. The highest BCUT2D eigenvalue weighted by Crippen LogP contribution is 2.29. The lowest BCUT2D eigenvalue weighted by molar-refractivity contribution is -0.145. The van der Waals surface area contributed by atoms with Crippen molar-refractivity contribution in [3.63, 3.8) is 0 Å². The first-order valence-corrected chi connectivity index (χ1v) is 8.49. The number of carbonyl (C=O) groups is 1. The molecule has 23 heavy (non-hydrogen) atoms. The molecule has 1 atom stereocenters. The second-order valence-corrected chi connectivity index (χ2v) is 6.27. The number of alkyl halides is 1. The molecule has 0 aromatic carbocycles. The number of rotatable bonds is 6. The van der Waals surface area contributed by atoms with E-state index in [1.807, 2.05) is 16.8 Å². The van der Waals surface area contributed by atoms with Crippen molar-refractivity contribution >= 4 is 33.4 Å². The van der Waals surface area contributed by atoms with Crippen LogP contribution in [0.25, 0.3) is 0 Å². The van der Waals surface area contributed by atoms with Crippen molar-refractivity contribution in [1.29, 1.82) is 0 Å². The lowest BCUT2D eigenvalue weighted by atomic mass is 10.2. The van der Waals surface area contributed by atoms with E-state index in [-0.39, 0.29) is 17.6 Å². The highest BCUT2D eigenvalue weighted by Gasteiger charge is 2.29. The Labute approximate surface area is 142 Å². The van der Waals surface area contributed by atoms with Crippen LogP contribution in [0, 0.1) is 0 Å². The number of anilines is 2. The lowest BCUT2D eigenvalue weighted by Crippen LogP contribution is -2.33. The molecule has 1 aliphatic heterocycles. The average molecular weight is 389 g/mol. The van der Waals surface area contributed by atoms with Gasteiger partial charge in [-0.25, -0.2) is 4.79 Å². The van der Waals surface area contributed by atoms with Gasteiger partial charge in [-0.3, -0.25) is 19.1 Å². The van der Waals surface area contributed by atoms with E-state index in [0.717, 1.165) is 6.42 Å². The second kappa shape index (κ2) is 7.20. The Kier molecular flexibility index (Phi) is 5.51. The molecule has 2 heterocycles. The molecule has 0 saturated heterocycles. The van der Waals surface area contributed by atoms with Gasteiger partial charge in [-0.15, -0.1) is 0 Å². The molecule has 0 fully saturated rings. The number of esters is 1. The maximum atomic E-state index is 12.0. The molecule has 0 bridgehead atoms. The van der Waals surface area contributed by atoms with E-state index in [2.05, 4.69) is 20.9 Å². The minimum atomic E-state index is -0.424. The minimum absolute atomic E-state index is 0.171. The molecule has 0 aliphatic carbocycles. The first kappa shape index (κ1) is 17.6. The van der Waals surface area contributed by atoms with Gasteiger partial charge < -0.3 is 14.5 Å². The zero-order valence-electron chi connectivity index (χ0n) is 13.5. The smallest absolute Gasteiger partial charge is 0.329 e. The van der Waals surface area contributed by atoms with Gasteiger partial charge in [-0.2, -0.15) is 0 Å². The SMILES string of the molecule is CC(=O)OC(CBr)CCCN1CN(C)c2c1n(C)c(=O)[nH]c2=O. The van der Waals surface area contributed by atoms with E-state index in [0.29, 0.717) is 36.5 Å². The molecule has 1 aliphatic rings. The number of H-pyrrole nitrogens is 1. The van der Waals surface area contributed by atoms with E-state index in [1.54, 1.807) is 7.05 Å². The standard InChI is InChI=1S/C14H21BrN4O4/c1-9(20)23-10(7-15)5-4-6-19-8-17(2)11-12(21)16-14(22)18(3)13(11)19/h10H,4-8H2,1-3H3,(H,16,21,22). The fourth-order valence-electron chi connectivity index (χ4n) is 2.79. The van der Waals surface area contributed by atoms with Gasteiger partial charge in [-0.05, 0) is 12.8 Å². The molecule has 0 spiro atoms. The Hall–Kier alpha value is -1.77. The van der Waals surface area contributed by atoms with Crippen LogP contribution in [-0.4, -0.2) is 47.2 Å². The molecule has 8 nitrogen and oxygen atoms in total. The van der Waals surface area contributed by atoms with Crippen LogP contribution in [0.15, 0.2) is 9.59 Å². The molecule has 1 N–H and O–H groups in total. The van der Waals surface area contributed by atoms with Gasteiger partial charge in [0.15, 0.2) is 0 Å². The van der Waals surface area contributed by atoms with Crippen molar-refractivity contribution in [2.24, 2.45) is 7.05 Å². The molecule has 0 amide bonds. The van der Waals surface area contributed by atoms with Crippen LogP contribution in [0.4, 0.5) is 11.5 Å². The van der Waals surface area contributed by atoms with E-state index < -0.39 is 5.69 Å². The summed E-state index contributed by atoms with van der Waals surface area (Å²) in [6, 6.07) is 0.